The first-order valence-electron chi connectivity index (χ1n) is 6.03. The monoisotopic (exact) mass is 203 g/mol. The van der Waals surface area contributed by atoms with Crippen LogP contribution in [0.15, 0.2) is 24.3 Å². The standard InChI is InChI=1S/C14H21N/c1-4-10(2)14(15-3)13-9-11-7-5-6-8-12(11)13/h5-8,10,13-15H,4,9H2,1-3H3. The van der Waals surface area contributed by atoms with Crippen molar-refractivity contribution in [2.75, 3.05) is 7.05 Å². The second-order valence-electron chi connectivity index (χ2n) is 4.71. The summed E-state index contributed by atoms with van der Waals surface area (Å²) in [6.45, 7) is 4.63. The lowest BCUT2D eigenvalue weighted by atomic mass is 9.70. The molecule has 0 saturated carbocycles. The van der Waals surface area contributed by atoms with Crippen LogP contribution in [0.2, 0.25) is 0 Å². The maximum atomic E-state index is 3.50. The molecule has 0 amide bonds. The first-order valence-corrected chi connectivity index (χ1v) is 6.03. The molecule has 0 radical (unpaired) electrons. The summed E-state index contributed by atoms with van der Waals surface area (Å²) in [7, 11) is 2.10. The average Bonchev–Trinajstić information content (AvgIpc) is 2.25. The van der Waals surface area contributed by atoms with Crippen molar-refractivity contribution in [1.82, 2.24) is 5.32 Å². The predicted octanol–water partition coefficient (Wildman–Crippen LogP) is 2.96. The van der Waals surface area contributed by atoms with Crippen molar-refractivity contribution in [3.05, 3.63) is 35.4 Å². The SMILES string of the molecule is CCC(C)C(NC)C1Cc2ccccc21. The molecule has 1 aromatic rings. The molecule has 0 spiro atoms. The van der Waals surface area contributed by atoms with E-state index >= 15 is 0 Å². The van der Waals surface area contributed by atoms with Gasteiger partial charge in [0.15, 0.2) is 0 Å². The van der Waals surface area contributed by atoms with E-state index in [1.165, 1.54) is 12.8 Å². The molecule has 0 bridgehead atoms. The zero-order valence-electron chi connectivity index (χ0n) is 9.96. The van der Waals surface area contributed by atoms with Crippen LogP contribution in [-0.4, -0.2) is 13.1 Å². The highest BCUT2D eigenvalue weighted by Gasteiger charge is 2.33. The molecule has 1 aromatic carbocycles. The lowest BCUT2D eigenvalue weighted by Gasteiger charge is -2.39. The maximum Gasteiger partial charge on any atom is 0.0162 e. The van der Waals surface area contributed by atoms with Crippen molar-refractivity contribution in [3.8, 4) is 0 Å². The van der Waals surface area contributed by atoms with Crippen molar-refractivity contribution < 1.29 is 0 Å². The van der Waals surface area contributed by atoms with E-state index in [0.717, 1.165) is 11.8 Å². The summed E-state index contributed by atoms with van der Waals surface area (Å²) >= 11 is 0. The Balaban J connectivity index is 2.14. The van der Waals surface area contributed by atoms with Gasteiger partial charge >= 0.3 is 0 Å². The third-order valence-electron chi connectivity index (χ3n) is 3.92. The van der Waals surface area contributed by atoms with Crippen LogP contribution in [0.5, 0.6) is 0 Å². The summed E-state index contributed by atoms with van der Waals surface area (Å²) in [5.41, 5.74) is 3.11. The molecule has 1 N–H and O–H groups in total. The largest absolute Gasteiger partial charge is 0.316 e. The highest BCUT2D eigenvalue weighted by atomic mass is 14.9. The zero-order chi connectivity index (χ0) is 10.8. The van der Waals surface area contributed by atoms with Gasteiger partial charge in [0, 0.05) is 12.0 Å². The number of likely N-dealkylation sites (N-methyl/N-ethyl adjacent to an activating group) is 1. The van der Waals surface area contributed by atoms with Gasteiger partial charge in [-0.15, -0.1) is 0 Å². The van der Waals surface area contributed by atoms with Crippen molar-refractivity contribution in [2.45, 2.75) is 38.6 Å². The molecule has 82 valence electrons. The van der Waals surface area contributed by atoms with E-state index in [0.29, 0.717) is 6.04 Å². The molecule has 3 unspecified atom stereocenters. The zero-order valence-corrected chi connectivity index (χ0v) is 9.96. The van der Waals surface area contributed by atoms with Gasteiger partial charge in [0.05, 0.1) is 0 Å². The Morgan fingerprint density at radius 1 is 1.40 bits per heavy atom. The van der Waals surface area contributed by atoms with Crippen LogP contribution in [0.3, 0.4) is 0 Å². The van der Waals surface area contributed by atoms with E-state index < -0.39 is 0 Å². The van der Waals surface area contributed by atoms with Crippen LogP contribution >= 0.6 is 0 Å². The summed E-state index contributed by atoms with van der Waals surface area (Å²) in [5, 5.41) is 3.50. The van der Waals surface area contributed by atoms with Gasteiger partial charge in [0.1, 0.15) is 0 Å². The van der Waals surface area contributed by atoms with E-state index in [4.69, 9.17) is 0 Å². The Kier molecular flexibility index (Phi) is 3.11. The molecule has 0 fully saturated rings. The fourth-order valence-electron chi connectivity index (χ4n) is 2.75. The van der Waals surface area contributed by atoms with Crippen molar-refractivity contribution in [2.24, 2.45) is 5.92 Å². The van der Waals surface area contributed by atoms with Crippen molar-refractivity contribution in [3.63, 3.8) is 0 Å². The molecule has 1 aliphatic rings. The van der Waals surface area contributed by atoms with Crippen LogP contribution in [0.4, 0.5) is 0 Å². The second kappa shape index (κ2) is 4.36. The Morgan fingerprint density at radius 3 is 2.73 bits per heavy atom. The summed E-state index contributed by atoms with van der Waals surface area (Å²) in [5.74, 6) is 1.49. The van der Waals surface area contributed by atoms with E-state index in [2.05, 4.69) is 50.5 Å². The van der Waals surface area contributed by atoms with Gasteiger partial charge in [-0.2, -0.15) is 0 Å². The minimum Gasteiger partial charge on any atom is -0.316 e. The Hall–Kier alpha value is -0.820. The Labute approximate surface area is 92.9 Å². The normalized spacial score (nSPS) is 22.7. The van der Waals surface area contributed by atoms with Crippen LogP contribution in [-0.2, 0) is 6.42 Å². The molecule has 0 saturated heterocycles. The van der Waals surface area contributed by atoms with Gasteiger partial charge in [0.25, 0.3) is 0 Å². The minimum absolute atomic E-state index is 0.643. The van der Waals surface area contributed by atoms with Crippen molar-refractivity contribution >= 4 is 0 Å². The van der Waals surface area contributed by atoms with Crippen molar-refractivity contribution in [1.29, 1.82) is 0 Å². The molecule has 0 heterocycles. The molecule has 0 aromatic heterocycles. The number of fused-ring (bicyclic) bond motifs is 1. The summed E-state index contributed by atoms with van der Waals surface area (Å²) in [6, 6.07) is 9.50. The third-order valence-corrected chi connectivity index (χ3v) is 3.92. The van der Waals surface area contributed by atoms with Gasteiger partial charge in [-0.3, -0.25) is 0 Å². The maximum absolute atomic E-state index is 3.50. The minimum atomic E-state index is 0.643. The highest BCUT2D eigenvalue weighted by Crippen LogP contribution is 2.39. The lowest BCUT2D eigenvalue weighted by molar-refractivity contribution is 0.313. The molecule has 2 rings (SSSR count). The number of benzene rings is 1. The van der Waals surface area contributed by atoms with Gasteiger partial charge in [-0.1, -0.05) is 44.5 Å². The van der Waals surface area contributed by atoms with Gasteiger partial charge < -0.3 is 5.32 Å². The molecular formula is C14H21N. The second-order valence-corrected chi connectivity index (χ2v) is 4.71. The Bertz CT molecular complexity index is 332. The number of hydrogen-bond acceptors (Lipinski definition) is 1. The average molecular weight is 203 g/mol. The van der Waals surface area contributed by atoms with Gasteiger partial charge in [-0.05, 0) is 30.5 Å². The Morgan fingerprint density at radius 2 is 2.13 bits per heavy atom. The van der Waals surface area contributed by atoms with E-state index in [1.54, 1.807) is 11.1 Å². The van der Waals surface area contributed by atoms with Crippen LogP contribution in [0.1, 0.15) is 37.3 Å². The molecule has 15 heavy (non-hydrogen) atoms. The molecule has 1 aliphatic carbocycles. The predicted molar refractivity (Wildman–Crippen MR) is 65.2 cm³/mol. The van der Waals surface area contributed by atoms with Gasteiger partial charge in [0.2, 0.25) is 0 Å². The van der Waals surface area contributed by atoms with E-state index in [1.807, 2.05) is 0 Å². The van der Waals surface area contributed by atoms with E-state index in [-0.39, 0.29) is 0 Å². The molecule has 0 aliphatic heterocycles. The summed E-state index contributed by atoms with van der Waals surface area (Å²) in [6.07, 6.45) is 2.51. The van der Waals surface area contributed by atoms with E-state index in [9.17, 15) is 0 Å². The molecule has 1 heteroatoms. The van der Waals surface area contributed by atoms with Crippen LogP contribution in [0, 0.1) is 5.92 Å². The topological polar surface area (TPSA) is 12.0 Å². The first-order chi connectivity index (χ1) is 7.27. The smallest absolute Gasteiger partial charge is 0.0162 e. The number of rotatable bonds is 4. The summed E-state index contributed by atoms with van der Waals surface area (Å²) < 4.78 is 0. The first kappa shape index (κ1) is 10.7. The van der Waals surface area contributed by atoms with Gasteiger partial charge in [-0.25, -0.2) is 0 Å². The van der Waals surface area contributed by atoms with Crippen LogP contribution in [0.25, 0.3) is 0 Å². The van der Waals surface area contributed by atoms with Crippen LogP contribution < -0.4 is 5.32 Å². The molecular weight excluding hydrogens is 182 g/mol. The fourth-order valence-corrected chi connectivity index (χ4v) is 2.75. The number of nitrogens with one attached hydrogen (secondary N) is 1. The fraction of sp³-hybridized carbons (Fsp3) is 0.571. The number of hydrogen-bond donors (Lipinski definition) is 1. The lowest BCUT2D eigenvalue weighted by Crippen LogP contribution is -2.42. The quantitative estimate of drug-likeness (QED) is 0.793. The summed E-state index contributed by atoms with van der Waals surface area (Å²) in [4.78, 5) is 0. The third kappa shape index (κ3) is 1.81. The molecule has 3 atom stereocenters. The highest BCUT2D eigenvalue weighted by molar-refractivity contribution is 5.41. The molecule has 1 nitrogen and oxygen atoms in total.